The predicted octanol–water partition coefficient (Wildman–Crippen LogP) is 2.61. The molecule has 0 saturated carbocycles. The molecule has 0 aliphatic rings. The molecule has 104 valence electrons. The minimum absolute atomic E-state index is 0.152. The highest BCUT2D eigenvalue weighted by Gasteiger charge is 2.15. The monoisotopic (exact) mass is 288 g/mol. The van der Waals surface area contributed by atoms with Crippen LogP contribution in [0.1, 0.15) is 28.5 Å². The van der Waals surface area contributed by atoms with Crippen molar-refractivity contribution in [3.63, 3.8) is 0 Å². The number of rotatable bonds is 3. The molecule has 7 heteroatoms. The average molecular weight is 288 g/mol. The highest BCUT2D eigenvalue weighted by atomic mass is 32.1. The van der Waals surface area contributed by atoms with Gasteiger partial charge in [-0.15, -0.1) is 11.3 Å². The molecule has 0 radical (unpaired) electrons. The van der Waals surface area contributed by atoms with Gasteiger partial charge in [0.1, 0.15) is 12.1 Å². The van der Waals surface area contributed by atoms with Crippen LogP contribution in [0.4, 0.5) is 5.82 Å². The van der Waals surface area contributed by atoms with Gasteiger partial charge in [-0.2, -0.15) is 5.10 Å². The van der Waals surface area contributed by atoms with Gasteiger partial charge in [0.2, 0.25) is 0 Å². The zero-order valence-corrected chi connectivity index (χ0v) is 12.7. The first-order valence-corrected chi connectivity index (χ1v) is 7.21. The fourth-order valence-corrected chi connectivity index (χ4v) is 3.23. The molecular weight excluding hydrogens is 272 g/mol. The van der Waals surface area contributed by atoms with Crippen LogP contribution in [0, 0.1) is 13.8 Å². The molecule has 0 bridgehead atoms. The molecule has 0 spiro atoms. The summed E-state index contributed by atoms with van der Waals surface area (Å²) in [6.45, 7) is 6.18. The van der Waals surface area contributed by atoms with E-state index < -0.39 is 0 Å². The van der Waals surface area contributed by atoms with Crippen LogP contribution in [0.25, 0.3) is 11.0 Å². The summed E-state index contributed by atoms with van der Waals surface area (Å²) in [6.07, 6.45) is 3.35. The Bertz CT molecular complexity index is 759. The molecule has 1 unspecified atom stereocenters. The van der Waals surface area contributed by atoms with Crippen molar-refractivity contribution in [1.82, 2.24) is 24.7 Å². The molecule has 0 saturated heterocycles. The zero-order chi connectivity index (χ0) is 14.3. The Morgan fingerprint density at radius 3 is 2.80 bits per heavy atom. The molecule has 0 amide bonds. The van der Waals surface area contributed by atoms with E-state index in [0.717, 1.165) is 27.6 Å². The number of aromatic nitrogens is 5. The Balaban J connectivity index is 1.95. The lowest BCUT2D eigenvalue weighted by atomic mass is 10.2. The van der Waals surface area contributed by atoms with Gasteiger partial charge in [-0.25, -0.2) is 15.0 Å². The van der Waals surface area contributed by atoms with Crippen LogP contribution in [-0.2, 0) is 7.05 Å². The molecule has 3 heterocycles. The van der Waals surface area contributed by atoms with E-state index in [1.165, 1.54) is 4.88 Å². The van der Waals surface area contributed by atoms with Crippen molar-refractivity contribution in [2.45, 2.75) is 26.8 Å². The van der Waals surface area contributed by atoms with Crippen LogP contribution in [0.3, 0.4) is 0 Å². The van der Waals surface area contributed by atoms with E-state index in [4.69, 9.17) is 0 Å². The fourth-order valence-electron chi connectivity index (χ4n) is 2.30. The first-order valence-electron chi connectivity index (χ1n) is 6.39. The third-order valence-corrected chi connectivity index (χ3v) is 4.47. The van der Waals surface area contributed by atoms with Crippen LogP contribution in [0.2, 0.25) is 0 Å². The van der Waals surface area contributed by atoms with Gasteiger partial charge in [0.15, 0.2) is 5.65 Å². The maximum absolute atomic E-state index is 4.47. The SMILES string of the molecule is Cc1nc(C)c(C(C)Nc2ncnc3c2cnn3C)s1. The Morgan fingerprint density at radius 2 is 2.10 bits per heavy atom. The molecule has 3 rings (SSSR count). The van der Waals surface area contributed by atoms with E-state index in [0.29, 0.717) is 0 Å². The molecular formula is C13H16N6S. The van der Waals surface area contributed by atoms with Gasteiger partial charge in [-0.1, -0.05) is 0 Å². The first kappa shape index (κ1) is 13.0. The molecule has 1 N–H and O–H groups in total. The summed E-state index contributed by atoms with van der Waals surface area (Å²) in [4.78, 5) is 14.3. The van der Waals surface area contributed by atoms with E-state index in [-0.39, 0.29) is 6.04 Å². The number of nitrogens with zero attached hydrogens (tertiary/aromatic N) is 5. The summed E-state index contributed by atoms with van der Waals surface area (Å²) in [5.74, 6) is 0.807. The lowest BCUT2D eigenvalue weighted by Crippen LogP contribution is -2.08. The van der Waals surface area contributed by atoms with E-state index in [2.05, 4.69) is 32.3 Å². The number of thiazole rings is 1. The van der Waals surface area contributed by atoms with Gasteiger partial charge in [-0.3, -0.25) is 4.68 Å². The summed E-state index contributed by atoms with van der Waals surface area (Å²) >= 11 is 1.71. The largest absolute Gasteiger partial charge is 0.362 e. The number of anilines is 1. The molecule has 3 aromatic rings. The molecule has 3 aromatic heterocycles. The maximum Gasteiger partial charge on any atom is 0.163 e. The fraction of sp³-hybridized carbons (Fsp3) is 0.385. The van der Waals surface area contributed by atoms with Gasteiger partial charge in [0.05, 0.1) is 28.3 Å². The van der Waals surface area contributed by atoms with Crippen molar-refractivity contribution in [2.75, 3.05) is 5.32 Å². The van der Waals surface area contributed by atoms with Crippen molar-refractivity contribution in [3.8, 4) is 0 Å². The van der Waals surface area contributed by atoms with Crippen molar-refractivity contribution >= 4 is 28.2 Å². The number of fused-ring (bicyclic) bond motifs is 1. The molecule has 0 aromatic carbocycles. The Hall–Kier alpha value is -2.02. The van der Waals surface area contributed by atoms with Crippen molar-refractivity contribution in [3.05, 3.63) is 28.1 Å². The van der Waals surface area contributed by atoms with Gasteiger partial charge in [0.25, 0.3) is 0 Å². The Kier molecular flexibility index (Phi) is 3.13. The summed E-state index contributed by atoms with van der Waals surface area (Å²) in [7, 11) is 1.87. The van der Waals surface area contributed by atoms with Gasteiger partial charge in [-0.05, 0) is 20.8 Å². The smallest absolute Gasteiger partial charge is 0.163 e. The van der Waals surface area contributed by atoms with Gasteiger partial charge < -0.3 is 5.32 Å². The molecule has 0 aliphatic heterocycles. The number of aryl methyl sites for hydroxylation is 3. The lowest BCUT2D eigenvalue weighted by Gasteiger charge is -2.13. The third-order valence-electron chi connectivity index (χ3n) is 3.22. The highest BCUT2D eigenvalue weighted by molar-refractivity contribution is 7.11. The maximum atomic E-state index is 4.47. The second-order valence-electron chi connectivity index (χ2n) is 4.78. The quantitative estimate of drug-likeness (QED) is 0.802. The molecule has 6 nitrogen and oxygen atoms in total. The van der Waals surface area contributed by atoms with Crippen LogP contribution < -0.4 is 5.32 Å². The van der Waals surface area contributed by atoms with E-state index in [9.17, 15) is 0 Å². The van der Waals surface area contributed by atoms with Crippen molar-refractivity contribution in [2.24, 2.45) is 7.05 Å². The normalized spacial score (nSPS) is 12.8. The van der Waals surface area contributed by atoms with Crippen LogP contribution in [0.5, 0.6) is 0 Å². The van der Waals surface area contributed by atoms with E-state index >= 15 is 0 Å². The zero-order valence-electron chi connectivity index (χ0n) is 11.9. The highest BCUT2D eigenvalue weighted by Crippen LogP contribution is 2.28. The molecule has 1 atom stereocenters. The van der Waals surface area contributed by atoms with Crippen LogP contribution >= 0.6 is 11.3 Å². The summed E-state index contributed by atoms with van der Waals surface area (Å²) in [5, 5.41) is 9.67. The molecule has 20 heavy (non-hydrogen) atoms. The number of hydrogen-bond acceptors (Lipinski definition) is 6. The van der Waals surface area contributed by atoms with Crippen LogP contribution in [0.15, 0.2) is 12.5 Å². The predicted molar refractivity (Wildman–Crippen MR) is 79.9 cm³/mol. The van der Waals surface area contributed by atoms with Crippen molar-refractivity contribution in [1.29, 1.82) is 0 Å². The van der Waals surface area contributed by atoms with E-state index in [1.807, 2.05) is 20.9 Å². The van der Waals surface area contributed by atoms with Gasteiger partial charge >= 0.3 is 0 Å². The molecule has 0 aliphatic carbocycles. The molecule has 0 fully saturated rings. The second kappa shape index (κ2) is 4.82. The Morgan fingerprint density at radius 1 is 1.30 bits per heavy atom. The van der Waals surface area contributed by atoms with Crippen molar-refractivity contribution < 1.29 is 0 Å². The van der Waals surface area contributed by atoms with Gasteiger partial charge in [0, 0.05) is 11.9 Å². The topological polar surface area (TPSA) is 68.5 Å². The average Bonchev–Trinajstić information content (AvgIpc) is 2.94. The summed E-state index contributed by atoms with van der Waals surface area (Å²) < 4.78 is 1.74. The Labute approximate surface area is 120 Å². The summed E-state index contributed by atoms with van der Waals surface area (Å²) in [6, 6.07) is 0.152. The third kappa shape index (κ3) is 2.14. The first-order chi connectivity index (χ1) is 9.56. The van der Waals surface area contributed by atoms with E-state index in [1.54, 1.807) is 28.5 Å². The summed E-state index contributed by atoms with van der Waals surface area (Å²) in [5.41, 5.74) is 1.90. The minimum atomic E-state index is 0.152. The number of hydrogen-bond donors (Lipinski definition) is 1. The standard InChI is InChI=1S/C13H16N6S/c1-7-11(20-9(3)17-7)8(2)18-12-10-5-16-19(4)13(10)15-6-14-12/h5-6,8H,1-4H3,(H,14,15,18). The van der Waals surface area contributed by atoms with Crippen LogP contribution in [-0.4, -0.2) is 24.7 Å². The second-order valence-corrected chi connectivity index (χ2v) is 6.01. The number of nitrogens with one attached hydrogen (secondary N) is 1. The lowest BCUT2D eigenvalue weighted by molar-refractivity contribution is 0.785. The minimum Gasteiger partial charge on any atom is -0.362 e.